The predicted octanol–water partition coefficient (Wildman–Crippen LogP) is 0.857. The van der Waals surface area contributed by atoms with Crippen LogP contribution in [-0.4, -0.2) is 21.2 Å². The molecule has 0 aliphatic carbocycles. The highest BCUT2D eigenvalue weighted by molar-refractivity contribution is 5.69. The van der Waals surface area contributed by atoms with Crippen molar-refractivity contribution < 1.29 is 24.3 Å². The molecule has 1 radical (unpaired) electrons. The Morgan fingerprint density at radius 3 is 1.67 bits per heavy atom. The molecule has 1 rings (SSSR count). The molecule has 0 aromatic heterocycles. The van der Waals surface area contributed by atoms with Gasteiger partial charge >= 0.3 is 23.5 Å². The zero-order chi connectivity index (χ0) is 13.9. The first-order valence-corrected chi connectivity index (χ1v) is 4.03. The van der Waals surface area contributed by atoms with Crippen LogP contribution < -0.4 is 4.74 Å². The van der Waals surface area contributed by atoms with Crippen molar-refractivity contribution in [3.8, 4) is 5.75 Å². The van der Waals surface area contributed by atoms with Crippen molar-refractivity contribution in [1.29, 1.82) is 0 Å². The van der Waals surface area contributed by atoms with Gasteiger partial charge in [-0.1, -0.05) is 0 Å². The lowest BCUT2D eigenvalue weighted by atomic mass is 10.2. The molecule has 1 aromatic carbocycles. The van der Waals surface area contributed by atoms with Crippen molar-refractivity contribution in [2.24, 2.45) is 0 Å². The summed E-state index contributed by atoms with van der Waals surface area (Å²) in [5, 5.41) is 31.8. The van der Waals surface area contributed by atoms with E-state index < -0.39 is 37.6 Å². The Kier molecular flexibility index (Phi) is 3.47. The topological polar surface area (TPSA) is 156 Å². The Morgan fingerprint density at radius 2 is 1.39 bits per heavy atom. The summed E-state index contributed by atoms with van der Waals surface area (Å²) in [6, 6.07) is 1.05. The van der Waals surface area contributed by atoms with Gasteiger partial charge in [-0.2, -0.15) is 0 Å². The summed E-state index contributed by atoms with van der Waals surface area (Å²) < 4.78 is 4.09. The van der Waals surface area contributed by atoms with Crippen molar-refractivity contribution in [3.63, 3.8) is 0 Å². The first-order chi connectivity index (χ1) is 8.38. The zero-order valence-corrected chi connectivity index (χ0v) is 8.26. The second-order valence-electron chi connectivity index (χ2n) is 2.77. The van der Waals surface area contributed by atoms with Crippen LogP contribution in [0.2, 0.25) is 0 Å². The molecule has 0 N–H and O–H groups in total. The summed E-state index contributed by atoms with van der Waals surface area (Å²) in [6.45, 7) is 0.900. The van der Waals surface area contributed by atoms with Gasteiger partial charge in [0, 0.05) is 0 Å². The van der Waals surface area contributed by atoms with Crippen LogP contribution in [0.3, 0.4) is 0 Å². The van der Waals surface area contributed by atoms with Crippen LogP contribution in [0.1, 0.15) is 0 Å². The number of hydrogen-bond donors (Lipinski definition) is 0. The smallest absolute Gasteiger partial charge is 0.418 e. The van der Waals surface area contributed by atoms with E-state index in [2.05, 4.69) is 4.74 Å². The molecule has 0 amide bonds. The van der Waals surface area contributed by atoms with E-state index in [0.717, 1.165) is 6.47 Å². The predicted molar refractivity (Wildman–Crippen MR) is 52.7 cm³/mol. The molecule has 1 aromatic rings. The largest absolute Gasteiger partial charge is 0.423 e. The minimum absolute atomic E-state index is 0.524. The molecule has 0 unspecified atom stereocenters. The van der Waals surface area contributed by atoms with Crippen LogP contribution in [0.4, 0.5) is 17.1 Å². The monoisotopic (exact) mass is 256 g/mol. The maximum Gasteiger partial charge on any atom is 0.423 e. The summed E-state index contributed by atoms with van der Waals surface area (Å²) in [4.78, 5) is 38.1. The van der Waals surface area contributed by atoms with Crippen LogP contribution >= 0.6 is 0 Å². The van der Waals surface area contributed by atoms with Gasteiger partial charge in [0.25, 0.3) is 0 Å². The maximum atomic E-state index is 10.6. The number of ether oxygens (including phenoxy) is 1. The lowest BCUT2D eigenvalue weighted by Crippen LogP contribution is -2.02. The summed E-state index contributed by atoms with van der Waals surface area (Å²) in [7, 11) is 0. The molecule has 11 nitrogen and oxygen atoms in total. The lowest BCUT2D eigenvalue weighted by molar-refractivity contribution is -0.441. The standard InChI is InChI=1S/C7H2N3O8/c11-3-18-4-1-5(8(12)13)7(10(16)17)6(2-4)9(14)15/h1-2H. The number of hydrogen-bond acceptors (Lipinski definition) is 8. The van der Waals surface area contributed by atoms with Crippen molar-refractivity contribution in [3.05, 3.63) is 42.5 Å². The van der Waals surface area contributed by atoms with Gasteiger partial charge < -0.3 is 4.74 Å². The van der Waals surface area contributed by atoms with Crippen LogP contribution in [0.25, 0.3) is 0 Å². The molecule has 11 heteroatoms. The van der Waals surface area contributed by atoms with Gasteiger partial charge in [0.1, 0.15) is 5.75 Å². The first-order valence-electron chi connectivity index (χ1n) is 4.03. The van der Waals surface area contributed by atoms with E-state index in [9.17, 15) is 35.1 Å². The molecular weight excluding hydrogens is 254 g/mol. The molecule has 0 aliphatic heterocycles. The van der Waals surface area contributed by atoms with Gasteiger partial charge in [-0.25, -0.2) is 4.79 Å². The first kappa shape index (κ1) is 13.0. The molecule has 0 fully saturated rings. The van der Waals surface area contributed by atoms with Crippen molar-refractivity contribution >= 4 is 23.5 Å². The van der Waals surface area contributed by atoms with Crippen molar-refractivity contribution in [1.82, 2.24) is 0 Å². The fourth-order valence-corrected chi connectivity index (χ4v) is 1.15. The number of nitrogens with zero attached hydrogens (tertiary/aromatic N) is 3. The number of benzene rings is 1. The molecule has 0 bridgehead atoms. The number of carbonyl (C=O) groups excluding carboxylic acids is 1. The molecule has 0 aliphatic rings. The molecular formula is C7H2N3O8. The van der Waals surface area contributed by atoms with E-state index in [1.54, 1.807) is 0 Å². The third-order valence-corrected chi connectivity index (χ3v) is 1.78. The lowest BCUT2D eigenvalue weighted by Gasteiger charge is -1.99. The van der Waals surface area contributed by atoms with Gasteiger partial charge in [-0.15, -0.1) is 0 Å². The number of nitro benzene ring substituents is 3. The van der Waals surface area contributed by atoms with Gasteiger partial charge in [-0.05, 0) is 0 Å². The second-order valence-corrected chi connectivity index (χ2v) is 2.77. The highest BCUT2D eigenvalue weighted by Gasteiger charge is 2.37. The second kappa shape index (κ2) is 4.82. The summed E-state index contributed by atoms with van der Waals surface area (Å²) in [5.41, 5.74) is -3.60. The Balaban J connectivity index is 3.64. The van der Waals surface area contributed by atoms with Crippen molar-refractivity contribution in [2.45, 2.75) is 0 Å². The molecule has 0 atom stereocenters. The van der Waals surface area contributed by atoms with Gasteiger partial charge in [0.2, 0.25) is 0 Å². The van der Waals surface area contributed by atoms with Gasteiger partial charge in [0.05, 0.1) is 26.9 Å². The molecule has 18 heavy (non-hydrogen) atoms. The number of nitro groups is 3. The minimum Gasteiger partial charge on any atom is -0.418 e. The maximum absolute atomic E-state index is 10.6. The quantitative estimate of drug-likeness (QED) is 0.554. The Bertz CT molecular complexity index is 519. The molecule has 0 saturated heterocycles. The Labute approximate surface area is 97.0 Å². The van der Waals surface area contributed by atoms with E-state index in [1.807, 2.05) is 0 Å². The van der Waals surface area contributed by atoms with Crippen molar-refractivity contribution in [2.75, 3.05) is 0 Å². The van der Waals surface area contributed by atoms with Crippen LogP contribution in [0.15, 0.2) is 12.1 Å². The van der Waals surface area contributed by atoms with Gasteiger partial charge in [0.15, 0.2) is 0 Å². The molecule has 93 valence electrons. The normalized spacial score (nSPS) is 9.56. The zero-order valence-electron chi connectivity index (χ0n) is 8.26. The third kappa shape index (κ3) is 2.34. The van der Waals surface area contributed by atoms with Crippen LogP contribution in [0, 0.1) is 30.3 Å². The molecule has 0 spiro atoms. The minimum atomic E-state index is -1.29. The Morgan fingerprint density at radius 1 is 0.944 bits per heavy atom. The van der Waals surface area contributed by atoms with Gasteiger partial charge in [-0.3, -0.25) is 30.3 Å². The summed E-state index contributed by atoms with van der Waals surface area (Å²) in [6.07, 6.45) is 0. The number of rotatable bonds is 5. The van der Waals surface area contributed by atoms with E-state index in [0.29, 0.717) is 12.1 Å². The van der Waals surface area contributed by atoms with Crippen LogP contribution in [0.5, 0.6) is 5.75 Å². The average molecular weight is 256 g/mol. The summed E-state index contributed by atoms with van der Waals surface area (Å²) >= 11 is 0. The highest BCUT2D eigenvalue weighted by atomic mass is 16.6. The SMILES string of the molecule is O=[C]Oc1cc([N+](=O)[O-])c([N+](=O)[O-])c([N+](=O)[O-])c1. The van der Waals surface area contributed by atoms with E-state index >= 15 is 0 Å². The third-order valence-electron chi connectivity index (χ3n) is 1.78. The highest BCUT2D eigenvalue weighted by Crippen LogP contribution is 2.39. The fourth-order valence-electron chi connectivity index (χ4n) is 1.15. The van der Waals surface area contributed by atoms with E-state index in [1.165, 1.54) is 0 Å². The molecule has 0 saturated carbocycles. The molecule has 0 heterocycles. The average Bonchev–Trinajstić information content (AvgIpc) is 2.27. The Hall–Kier alpha value is -3.11. The van der Waals surface area contributed by atoms with E-state index in [4.69, 9.17) is 0 Å². The summed E-state index contributed by atoms with van der Waals surface area (Å²) in [5.74, 6) is -0.589. The van der Waals surface area contributed by atoms with E-state index in [-0.39, 0.29) is 0 Å². The fraction of sp³-hybridized carbons (Fsp3) is 0. The van der Waals surface area contributed by atoms with Crippen LogP contribution in [-0.2, 0) is 4.79 Å².